The fraction of sp³-hybridized carbons (Fsp3) is 0.444. The SMILES string of the molecule is O=S(=O)(CCCc1nc(-c2cccs2)no1)Cc1ccc(S(=O)(=O)N2CCCC2)o1. The Kier molecular flexibility index (Phi) is 6.09. The van der Waals surface area contributed by atoms with Gasteiger partial charge in [-0.2, -0.15) is 9.29 Å². The van der Waals surface area contributed by atoms with Crippen molar-refractivity contribution in [2.75, 3.05) is 18.8 Å². The highest BCUT2D eigenvalue weighted by atomic mass is 32.2. The molecule has 1 fully saturated rings. The molecule has 1 saturated heterocycles. The summed E-state index contributed by atoms with van der Waals surface area (Å²) in [7, 11) is -7.18. The maximum Gasteiger partial charge on any atom is 0.276 e. The van der Waals surface area contributed by atoms with Crippen molar-refractivity contribution in [2.24, 2.45) is 0 Å². The topological polar surface area (TPSA) is 124 Å². The third-order valence-corrected chi connectivity index (χ3v) is 8.99. The van der Waals surface area contributed by atoms with Gasteiger partial charge in [0, 0.05) is 19.5 Å². The number of sulfone groups is 1. The van der Waals surface area contributed by atoms with Gasteiger partial charge in [-0.05, 0) is 42.8 Å². The van der Waals surface area contributed by atoms with Gasteiger partial charge in [-0.3, -0.25) is 0 Å². The first kappa shape index (κ1) is 21.2. The van der Waals surface area contributed by atoms with Crippen molar-refractivity contribution in [1.29, 1.82) is 0 Å². The van der Waals surface area contributed by atoms with Crippen LogP contribution in [0.5, 0.6) is 0 Å². The zero-order valence-electron chi connectivity index (χ0n) is 16.1. The molecular formula is C18H21N3O6S3. The Morgan fingerprint density at radius 1 is 1.10 bits per heavy atom. The molecular weight excluding hydrogens is 450 g/mol. The molecule has 0 bridgehead atoms. The van der Waals surface area contributed by atoms with Gasteiger partial charge in [-0.25, -0.2) is 16.8 Å². The third kappa shape index (κ3) is 4.82. The minimum absolute atomic E-state index is 0.0986. The van der Waals surface area contributed by atoms with Crippen LogP contribution in [0, 0.1) is 0 Å². The lowest BCUT2D eigenvalue weighted by Gasteiger charge is -2.12. The van der Waals surface area contributed by atoms with Crippen molar-refractivity contribution < 1.29 is 25.8 Å². The van der Waals surface area contributed by atoms with Gasteiger partial charge < -0.3 is 8.94 Å². The lowest BCUT2D eigenvalue weighted by Crippen LogP contribution is -2.27. The largest absolute Gasteiger partial charge is 0.447 e. The van der Waals surface area contributed by atoms with E-state index >= 15 is 0 Å². The number of furan rings is 1. The fourth-order valence-corrected chi connectivity index (χ4v) is 6.64. The number of hydrogen-bond acceptors (Lipinski definition) is 9. The van der Waals surface area contributed by atoms with Gasteiger partial charge in [0.25, 0.3) is 10.0 Å². The van der Waals surface area contributed by atoms with Gasteiger partial charge in [0.15, 0.2) is 9.84 Å². The average molecular weight is 472 g/mol. The molecule has 9 nitrogen and oxygen atoms in total. The second-order valence-corrected chi connectivity index (χ2v) is 12.0. The Bertz CT molecular complexity index is 1190. The first-order valence-electron chi connectivity index (χ1n) is 9.49. The van der Waals surface area contributed by atoms with Gasteiger partial charge >= 0.3 is 0 Å². The van der Waals surface area contributed by atoms with Crippen molar-refractivity contribution >= 4 is 31.2 Å². The van der Waals surface area contributed by atoms with E-state index in [1.165, 1.54) is 27.8 Å². The van der Waals surface area contributed by atoms with Crippen molar-refractivity contribution in [1.82, 2.24) is 14.4 Å². The van der Waals surface area contributed by atoms with Gasteiger partial charge in [0.2, 0.25) is 16.8 Å². The summed E-state index contributed by atoms with van der Waals surface area (Å²) in [6.45, 7) is 0.918. The van der Waals surface area contributed by atoms with Gasteiger partial charge in [0.1, 0.15) is 11.5 Å². The van der Waals surface area contributed by atoms with Gasteiger partial charge in [0.05, 0.1) is 10.6 Å². The second kappa shape index (κ2) is 8.61. The quantitative estimate of drug-likeness (QED) is 0.467. The Hall–Kier alpha value is -2.02. The number of aryl methyl sites for hydroxylation is 1. The highest BCUT2D eigenvalue weighted by molar-refractivity contribution is 7.90. The summed E-state index contributed by atoms with van der Waals surface area (Å²) < 4.78 is 61.7. The van der Waals surface area contributed by atoms with Crippen molar-refractivity contribution in [3.05, 3.63) is 41.3 Å². The lowest BCUT2D eigenvalue weighted by molar-refractivity contribution is 0.378. The van der Waals surface area contributed by atoms with E-state index in [-0.39, 0.29) is 22.4 Å². The first-order valence-corrected chi connectivity index (χ1v) is 13.6. The van der Waals surface area contributed by atoms with Crippen LogP contribution in [-0.2, 0) is 32.0 Å². The predicted octanol–water partition coefficient (Wildman–Crippen LogP) is 2.72. The minimum atomic E-state index is -3.70. The summed E-state index contributed by atoms with van der Waals surface area (Å²) in [6, 6.07) is 6.50. The first-order chi connectivity index (χ1) is 14.3. The standard InChI is InChI=1S/C18H21N3O6S3/c22-29(23,12-4-6-16-19-18(20-27-16)15-5-3-11-28-15)13-14-7-8-17(26-14)30(24,25)21-9-1-2-10-21/h3,5,7-8,11H,1-2,4,6,9-10,12-13H2. The van der Waals surface area contributed by atoms with E-state index in [0.717, 1.165) is 17.7 Å². The van der Waals surface area contributed by atoms with Crippen molar-refractivity contribution in [3.63, 3.8) is 0 Å². The third-order valence-electron chi connectivity index (χ3n) is 4.71. The Labute approximate surface area is 178 Å². The van der Waals surface area contributed by atoms with E-state index in [1.54, 1.807) is 0 Å². The molecule has 4 heterocycles. The van der Waals surface area contributed by atoms with Gasteiger partial charge in [-0.15, -0.1) is 11.3 Å². The molecule has 0 atom stereocenters. The van der Waals surface area contributed by atoms with E-state index in [2.05, 4.69) is 10.1 Å². The van der Waals surface area contributed by atoms with Crippen molar-refractivity contribution in [2.45, 2.75) is 36.5 Å². The molecule has 3 aromatic rings. The number of sulfonamides is 1. The molecule has 0 unspecified atom stereocenters. The monoisotopic (exact) mass is 471 g/mol. The van der Waals surface area contributed by atoms with E-state index in [1.807, 2.05) is 17.5 Å². The summed E-state index contributed by atoms with van der Waals surface area (Å²) in [6.07, 6.45) is 2.28. The molecule has 0 spiro atoms. The summed E-state index contributed by atoms with van der Waals surface area (Å²) in [5.74, 6) is 0.534. The summed E-state index contributed by atoms with van der Waals surface area (Å²) in [5, 5.41) is 5.60. The van der Waals surface area contributed by atoms with Crippen LogP contribution in [0.4, 0.5) is 0 Å². The molecule has 4 rings (SSSR count). The lowest BCUT2D eigenvalue weighted by atomic mass is 10.3. The van der Waals surface area contributed by atoms with Crippen LogP contribution in [0.1, 0.15) is 30.9 Å². The number of thiophene rings is 1. The molecule has 1 aliphatic rings. The summed E-state index contributed by atoms with van der Waals surface area (Å²) in [5.41, 5.74) is 0. The molecule has 0 aliphatic carbocycles. The van der Waals surface area contributed by atoms with Crippen LogP contribution in [0.2, 0.25) is 0 Å². The smallest absolute Gasteiger partial charge is 0.276 e. The maximum atomic E-state index is 12.5. The van der Waals surface area contributed by atoms with E-state index in [9.17, 15) is 16.8 Å². The van der Waals surface area contributed by atoms with Gasteiger partial charge in [-0.1, -0.05) is 11.2 Å². The molecule has 0 aromatic carbocycles. The van der Waals surface area contributed by atoms with Crippen LogP contribution < -0.4 is 0 Å². The summed E-state index contributed by atoms with van der Waals surface area (Å²) >= 11 is 1.49. The predicted molar refractivity (Wildman–Crippen MR) is 110 cm³/mol. The van der Waals surface area contributed by atoms with Crippen molar-refractivity contribution in [3.8, 4) is 10.7 Å². The van der Waals surface area contributed by atoms with E-state index in [4.69, 9.17) is 8.94 Å². The highest BCUT2D eigenvalue weighted by Gasteiger charge is 2.30. The summed E-state index contributed by atoms with van der Waals surface area (Å²) in [4.78, 5) is 5.16. The van der Waals surface area contributed by atoms with E-state index < -0.39 is 19.9 Å². The van der Waals surface area contributed by atoms with Crippen LogP contribution in [0.15, 0.2) is 43.7 Å². The maximum absolute atomic E-state index is 12.5. The average Bonchev–Trinajstić information content (AvgIpc) is 3.47. The Balaban J connectivity index is 1.32. The van der Waals surface area contributed by atoms with Crippen LogP contribution in [0.3, 0.4) is 0 Å². The number of aromatic nitrogens is 2. The molecule has 0 saturated carbocycles. The zero-order valence-corrected chi connectivity index (χ0v) is 18.5. The van der Waals surface area contributed by atoms with Crippen LogP contribution in [-0.4, -0.2) is 50.1 Å². The molecule has 12 heteroatoms. The normalized spacial score (nSPS) is 15.7. The molecule has 0 N–H and O–H groups in total. The molecule has 0 radical (unpaired) electrons. The van der Waals surface area contributed by atoms with Crippen LogP contribution in [0.25, 0.3) is 10.7 Å². The molecule has 0 amide bonds. The minimum Gasteiger partial charge on any atom is -0.447 e. The number of nitrogens with zero attached hydrogens (tertiary/aromatic N) is 3. The molecule has 1 aliphatic heterocycles. The Morgan fingerprint density at radius 2 is 1.90 bits per heavy atom. The number of hydrogen-bond donors (Lipinski definition) is 0. The Morgan fingerprint density at radius 3 is 2.63 bits per heavy atom. The number of rotatable bonds is 9. The van der Waals surface area contributed by atoms with Crippen LogP contribution >= 0.6 is 11.3 Å². The zero-order chi connectivity index (χ0) is 21.2. The van der Waals surface area contributed by atoms with E-state index in [0.29, 0.717) is 37.6 Å². The second-order valence-electron chi connectivity index (χ2n) is 7.02. The fourth-order valence-electron chi connectivity index (χ4n) is 3.22. The highest BCUT2D eigenvalue weighted by Crippen LogP contribution is 2.24. The molecule has 30 heavy (non-hydrogen) atoms. The molecule has 162 valence electrons. The molecule has 3 aromatic heterocycles.